The predicted molar refractivity (Wildman–Crippen MR) is 123 cm³/mol. The highest BCUT2D eigenvalue weighted by atomic mass is 16.5. The van der Waals surface area contributed by atoms with E-state index in [1.165, 1.54) is 0 Å². The number of para-hydroxylation sites is 1. The van der Waals surface area contributed by atoms with Crippen molar-refractivity contribution >= 4 is 23.3 Å². The second-order valence-electron chi connectivity index (χ2n) is 7.43. The van der Waals surface area contributed by atoms with E-state index in [9.17, 15) is 4.79 Å². The van der Waals surface area contributed by atoms with Crippen LogP contribution in [0.5, 0.6) is 0 Å². The van der Waals surface area contributed by atoms with Gasteiger partial charge in [0.05, 0.1) is 18.0 Å². The van der Waals surface area contributed by atoms with Crippen molar-refractivity contribution in [2.24, 2.45) is 9.98 Å². The van der Waals surface area contributed by atoms with E-state index in [0.29, 0.717) is 30.4 Å². The van der Waals surface area contributed by atoms with Crippen LogP contribution in [0.4, 0.5) is 5.69 Å². The molecular formula is C23H23N7O3. The maximum atomic E-state index is 13.0. The number of anilines is 1. The molecule has 0 aliphatic carbocycles. The molecule has 5 rings (SSSR count). The molecule has 168 valence electrons. The molecule has 0 saturated carbocycles. The zero-order valence-corrected chi connectivity index (χ0v) is 17.9. The number of aliphatic imine (C=N–C) groups is 2. The molecule has 0 spiro atoms. The number of rotatable bonds is 6. The molecule has 3 N–H and O–H groups in total. The quantitative estimate of drug-likeness (QED) is 0.533. The van der Waals surface area contributed by atoms with Gasteiger partial charge in [-0.15, -0.1) is 0 Å². The molecule has 1 unspecified atom stereocenters. The number of aromatic nitrogens is 2. The molecule has 2 atom stereocenters. The van der Waals surface area contributed by atoms with Crippen molar-refractivity contribution < 1.29 is 14.3 Å². The fourth-order valence-corrected chi connectivity index (χ4v) is 3.69. The van der Waals surface area contributed by atoms with E-state index in [-0.39, 0.29) is 11.9 Å². The van der Waals surface area contributed by atoms with Crippen LogP contribution in [0.3, 0.4) is 0 Å². The van der Waals surface area contributed by atoms with Crippen molar-refractivity contribution in [3.8, 4) is 0 Å². The minimum atomic E-state index is -1.04. The Morgan fingerprint density at radius 2 is 1.97 bits per heavy atom. The lowest BCUT2D eigenvalue weighted by molar-refractivity contribution is -0.117. The van der Waals surface area contributed by atoms with Gasteiger partial charge in [-0.2, -0.15) is 10.4 Å². The number of benzodiazepines with no additional fused rings is 1. The Kier molecular flexibility index (Phi) is 5.83. The Morgan fingerprint density at radius 3 is 2.82 bits per heavy atom. The van der Waals surface area contributed by atoms with Crippen LogP contribution >= 0.6 is 0 Å². The number of benzene rings is 2. The first-order valence-electron chi connectivity index (χ1n) is 10.5. The summed E-state index contributed by atoms with van der Waals surface area (Å²) in [7, 11) is 1.65. The number of carbonyl (C=O) groups is 1. The number of amidine groups is 1. The molecular weight excluding hydrogens is 422 g/mol. The molecule has 3 heterocycles. The third-order valence-corrected chi connectivity index (χ3v) is 5.27. The lowest BCUT2D eigenvalue weighted by Gasteiger charge is -2.11. The average Bonchev–Trinajstić information content (AvgIpc) is 3.47. The summed E-state index contributed by atoms with van der Waals surface area (Å²) in [6, 6.07) is 17.4. The molecule has 2 aromatic carbocycles. The number of hydrogen-bond acceptors (Lipinski definition) is 7. The average molecular weight is 445 g/mol. The third-order valence-electron chi connectivity index (χ3n) is 5.27. The molecule has 0 bridgehead atoms. The van der Waals surface area contributed by atoms with E-state index in [1.54, 1.807) is 13.3 Å². The summed E-state index contributed by atoms with van der Waals surface area (Å²) in [6.45, 7) is 1.18. The first-order chi connectivity index (χ1) is 16.2. The van der Waals surface area contributed by atoms with Crippen LogP contribution in [-0.4, -0.2) is 47.1 Å². The summed E-state index contributed by atoms with van der Waals surface area (Å²) in [4.78, 5) is 26.5. The highest BCUT2D eigenvalue weighted by Gasteiger charge is 2.30. The topological polar surface area (TPSA) is 114 Å². The second-order valence-corrected chi connectivity index (χ2v) is 7.43. The Hall–Kier alpha value is -4.02. The number of nitrogens with one attached hydrogen (secondary N) is 3. The van der Waals surface area contributed by atoms with Gasteiger partial charge in [-0.05, 0) is 6.07 Å². The van der Waals surface area contributed by atoms with Crippen molar-refractivity contribution in [2.75, 3.05) is 19.0 Å². The van der Waals surface area contributed by atoms with E-state index >= 15 is 0 Å². The fourth-order valence-electron chi connectivity index (χ4n) is 3.69. The zero-order valence-electron chi connectivity index (χ0n) is 17.9. The summed E-state index contributed by atoms with van der Waals surface area (Å²) in [5.74, 6) is 0.312. The summed E-state index contributed by atoms with van der Waals surface area (Å²) in [5.41, 5.74) is 8.97. The minimum absolute atomic E-state index is 0.156. The summed E-state index contributed by atoms with van der Waals surface area (Å²) >= 11 is 0. The van der Waals surface area contributed by atoms with Crippen molar-refractivity contribution in [2.45, 2.75) is 18.9 Å². The number of fused-ring (bicyclic) bond motifs is 1. The van der Waals surface area contributed by atoms with Gasteiger partial charge >= 0.3 is 6.02 Å². The van der Waals surface area contributed by atoms with Crippen LogP contribution < -0.4 is 16.2 Å². The number of methoxy groups -OCH3 is 1. The monoisotopic (exact) mass is 445 g/mol. The maximum Gasteiger partial charge on any atom is 0.304 e. The molecule has 1 fully saturated rings. The van der Waals surface area contributed by atoms with Gasteiger partial charge in [-0.1, -0.05) is 48.5 Å². The van der Waals surface area contributed by atoms with Gasteiger partial charge in [-0.25, -0.2) is 9.98 Å². The van der Waals surface area contributed by atoms with Crippen LogP contribution in [0.25, 0.3) is 0 Å². The summed E-state index contributed by atoms with van der Waals surface area (Å²) in [6.07, 6.45) is 1.93. The Morgan fingerprint density at radius 1 is 1.15 bits per heavy atom. The van der Waals surface area contributed by atoms with Crippen LogP contribution in [-0.2, 0) is 20.8 Å². The summed E-state index contributed by atoms with van der Waals surface area (Å²) in [5, 5.41) is 2.92. The minimum Gasteiger partial charge on any atom is -0.436 e. The number of ether oxygens (including phenoxy) is 2. The molecule has 0 radical (unpaired) electrons. The molecule has 10 heteroatoms. The maximum absolute atomic E-state index is 13.0. The number of carbonyl (C=O) groups excluding carboxylic acids is 1. The molecule has 33 heavy (non-hydrogen) atoms. The Balaban J connectivity index is 1.43. The number of imidazole rings is 1. The molecule has 1 saturated heterocycles. The van der Waals surface area contributed by atoms with Crippen LogP contribution in [0, 0.1) is 0 Å². The van der Waals surface area contributed by atoms with Crippen molar-refractivity contribution in [3.05, 3.63) is 83.9 Å². The first kappa shape index (κ1) is 20.9. The van der Waals surface area contributed by atoms with Crippen molar-refractivity contribution in [1.29, 1.82) is 0 Å². The first-order valence-corrected chi connectivity index (χ1v) is 10.5. The summed E-state index contributed by atoms with van der Waals surface area (Å²) < 4.78 is 13.0. The molecule has 2 aliphatic heterocycles. The highest BCUT2D eigenvalue weighted by molar-refractivity contribution is 6.19. The number of hydrazine groups is 1. The van der Waals surface area contributed by atoms with Crippen molar-refractivity contribution in [3.63, 3.8) is 0 Å². The van der Waals surface area contributed by atoms with Gasteiger partial charge in [0.25, 0.3) is 5.91 Å². The van der Waals surface area contributed by atoms with E-state index in [2.05, 4.69) is 26.1 Å². The zero-order chi connectivity index (χ0) is 22.6. The van der Waals surface area contributed by atoms with Gasteiger partial charge in [0, 0.05) is 37.2 Å². The smallest absolute Gasteiger partial charge is 0.304 e. The Bertz CT molecular complexity index is 1210. The molecule has 1 amide bonds. The van der Waals surface area contributed by atoms with Crippen LogP contribution in [0.15, 0.2) is 77.0 Å². The fraction of sp³-hybridized carbons (Fsp3) is 0.217. The normalized spacial score (nSPS) is 20.9. The van der Waals surface area contributed by atoms with E-state index < -0.39 is 12.4 Å². The van der Waals surface area contributed by atoms with Gasteiger partial charge in [0.2, 0.25) is 12.4 Å². The van der Waals surface area contributed by atoms with E-state index in [4.69, 9.17) is 14.5 Å². The molecule has 3 aromatic rings. The lowest BCUT2D eigenvalue weighted by atomic mass is 10.0. The number of nitrogens with zero attached hydrogens (tertiary/aromatic N) is 4. The van der Waals surface area contributed by atoms with E-state index in [1.807, 2.05) is 65.4 Å². The standard InChI is InChI=1S/C23H23N7O3/c1-32-14-13-30-12-11-24-20(30)22-28-29-23(33-22)27-19-21(31)25-17-10-6-5-9-16(17)18(26-19)15-7-3-2-4-8-15/h2-12,19,22,28H,13-14H2,1H3,(H,25,31)(H,27,29)/t19-,22?/m1/s1. The molecule has 2 aliphatic rings. The molecule has 1 aromatic heterocycles. The third kappa shape index (κ3) is 4.34. The van der Waals surface area contributed by atoms with Gasteiger partial charge in [0.15, 0.2) is 5.82 Å². The largest absolute Gasteiger partial charge is 0.436 e. The predicted octanol–water partition coefficient (Wildman–Crippen LogP) is 1.82. The molecule has 10 nitrogen and oxygen atoms in total. The highest BCUT2D eigenvalue weighted by Crippen LogP contribution is 2.25. The van der Waals surface area contributed by atoms with Crippen LogP contribution in [0.1, 0.15) is 23.2 Å². The van der Waals surface area contributed by atoms with Gasteiger partial charge in [0.1, 0.15) is 0 Å². The van der Waals surface area contributed by atoms with Gasteiger partial charge in [-0.3, -0.25) is 10.2 Å². The number of amides is 1. The number of hydrogen-bond donors (Lipinski definition) is 3. The lowest BCUT2D eigenvalue weighted by Crippen LogP contribution is -2.31. The van der Waals surface area contributed by atoms with Crippen molar-refractivity contribution in [1.82, 2.24) is 20.4 Å². The van der Waals surface area contributed by atoms with E-state index in [0.717, 1.165) is 11.1 Å². The Labute approximate surface area is 190 Å². The second kappa shape index (κ2) is 9.23. The SMILES string of the molecule is COCCn1ccnc1C1NN/C(=N\[C@H]2N=C(c3ccccc3)c3ccccc3NC2=O)O1. The van der Waals surface area contributed by atoms with Crippen LogP contribution in [0.2, 0.25) is 0 Å². The van der Waals surface area contributed by atoms with Gasteiger partial charge < -0.3 is 19.4 Å².